The second-order valence-electron chi connectivity index (χ2n) is 6.26. The Balaban J connectivity index is 2.00. The molecule has 9 heteroatoms. The van der Waals surface area contributed by atoms with Crippen molar-refractivity contribution in [1.29, 1.82) is 0 Å². The molecule has 3 rings (SSSR count). The number of thioether (sulfide) groups is 1. The van der Waals surface area contributed by atoms with Crippen LogP contribution in [-0.4, -0.2) is 42.4 Å². The molecule has 0 saturated carbocycles. The maximum Gasteiger partial charge on any atom is 0.269 e. The summed E-state index contributed by atoms with van der Waals surface area (Å²) < 4.78 is 1.35. The molecule has 26 heavy (non-hydrogen) atoms. The molecule has 0 bridgehead atoms. The van der Waals surface area contributed by atoms with Crippen molar-refractivity contribution in [3.05, 3.63) is 40.9 Å². The molecule has 0 spiro atoms. The van der Waals surface area contributed by atoms with Gasteiger partial charge in [-0.2, -0.15) is 10.1 Å². The van der Waals surface area contributed by atoms with E-state index in [9.17, 15) is 9.59 Å². The summed E-state index contributed by atoms with van der Waals surface area (Å²) in [5, 5.41) is 9.84. The number of nitrogens with zero attached hydrogens (tertiary/aromatic N) is 4. The minimum atomic E-state index is -0.420. The average Bonchev–Trinajstić information content (AvgIpc) is 3.14. The second-order valence-corrected chi connectivity index (χ2v) is 7.57. The van der Waals surface area contributed by atoms with Crippen LogP contribution in [0.3, 0.4) is 0 Å². The molecule has 136 valence electrons. The summed E-state index contributed by atoms with van der Waals surface area (Å²) in [6.45, 7) is 6.45. The van der Waals surface area contributed by atoms with E-state index in [1.54, 1.807) is 25.1 Å². The first-order valence-corrected chi connectivity index (χ1v) is 9.17. The molecular formula is C17H20N6O2S. The largest absolute Gasteiger partial charge is 0.355 e. The normalized spacial score (nSPS) is 12.5. The van der Waals surface area contributed by atoms with Crippen molar-refractivity contribution in [2.75, 3.05) is 6.54 Å². The summed E-state index contributed by atoms with van der Waals surface area (Å²) in [7, 11) is 0. The van der Waals surface area contributed by atoms with E-state index in [0.29, 0.717) is 28.5 Å². The van der Waals surface area contributed by atoms with Crippen LogP contribution in [-0.2, 0) is 4.79 Å². The van der Waals surface area contributed by atoms with Crippen LogP contribution in [0.25, 0.3) is 16.9 Å². The van der Waals surface area contributed by atoms with E-state index in [2.05, 4.69) is 25.5 Å². The molecule has 0 unspecified atom stereocenters. The number of H-pyrrole nitrogens is 1. The van der Waals surface area contributed by atoms with Crippen LogP contribution in [0.5, 0.6) is 0 Å². The maximum atomic E-state index is 12.9. The molecule has 0 aliphatic heterocycles. The molecule has 0 aliphatic carbocycles. The van der Waals surface area contributed by atoms with Gasteiger partial charge in [0.15, 0.2) is 5.16 Å². The zero-order valence-corrected chi connectivity index (χ0v) is 15.6. The Morgan fingerprint density at radius 1 is 1.31 bits per heavy atom. The highest BCUT2D eigenvalue weighted by molar-refractivity contribution is 8.00. The molecular weight excluding hydrogens is 352 g/mol. The maximum absolute atomic E-state index is 12.9. The molecule has 0 radical (unpaired) electrons. The standard InChI is InChI=1S/C17H20N6O2S/c1-10(2)8-18-14(24)11(3)26-17-21-13-7-5-4-6-12(13)15(25)23(17)16-19-9-20-22-16/h4-7,9-11H,8H2,1-3H3,(H,18,24)(H,19,20,22)/t11-/m0/s1. The van der Waals surface area contributed by atoms with Gasteiger partial charge < -0.3 is 5.32 Å². The number of amides is 1. The number of nitrogens with one attached hydrogen (secondary N) is 2. The lowest BCUT2D eigenvalue weighted by Gasteiger charge is -2.15. The summed E-state index contributed by atoms with van der Waals surface area (Å²) >= 11 is 1.21. The lowest BCUT2D eigenvalue weighted by atomic mass is 10.2. The highest BCUT2D eigenvalue weighted by Crippen LogP contribution is 2.24. The van der Waals surface area contributed by atoms with Gasteiger partial charge in [-0.3, -0.25) is 9.59 Å². The number of para-hydroxylation sites is 1. The minimum Gasteiger partial charge on any atom is -0.355 e. The predicted octanol–water partition coefficient (Wildman–Crippen LogP) is 1.76. The van der Waals surface area contributed by atoms with Crippen LogP contribution in [0.1, 0.15) is 20.8 Å². The van der Waals surface area contributed by atoms with Gasteiger partial charge in [0.25, 0.3) is 5.56 Å². The molecule has 1 amide bonds. The number of aromatic amines is 1. The molecule has 0 fully saturated rings. The van der Waals surface area contributed by atoms with Gasteiger partial charge in [-0.1, -0.05) is 37.7 Å². The van der Waals surface area contributed by atoms with Crippen LogP contribution in [0, 0.1) is 5.92 Å². The van der Waals surface area contributed by atoms with Crippen molar-refractivity contribution in [2.45, 2.75) is 31.2 Å². The third-order valence-electron chi connectivity index (χ3n) is 3.69. The number of hydrogen-bond donors (Lipinski definition) is 2. The third kappa shape index (κ3) is 3.77. The van der Waals surface area contributed by atoms with Crippen LogP contribution in [0.15, 0.2) is 40.5 Å². The topological polar surface area (TPSA) is 106 Å². The Morgan fingerprint density at radius 3 is 2.77 bits per heavy atom. The molecule has 0 aliphatic rings. The Hall–Kier alpha value is -2.68. The third-order valence-corrected chi connectivity index (χ3v) is 4.75. The molecule has 0 saturated heterocycles. The SMILES string of the molecule is CC(C)CNC(=O)[C@H](C)Sc1nc2ccccc2c(=O)n1-c1ncn[nH]1. The van der Waals surface area contributed by atoms with Crippen LogP contribution < -0.4 is 10.9 Å². The fourth-order valence-corrected chi connectivity index (χ4v) is 3.28. The van der Waals surface area contributed by atoms with Gasteiger partial charge in [-0.15, -0.1) is 0 Å². The zero-order valence-electron chi connectivity index (χ0n) is 14.8. The zero-order chi connectivity index (χ0) is 18.7. The van der Waals surface area contributed by atoms with Gasteiger partial charge in [-0.25, -0.2) is 14.6 Å². The summed E-state index contributed by atoms with van der Waals surface area (Å²) in [5.74, 6) is 0.531. The first kappa shape index (κ1) is 18.1. The number of aromatic nitrogens is 5. The smallest absolute Gasteiger partial charge is 0.269 e. The molecule has 2 heterocycles. The van der Waals surface area contributed by atoms with E-state index in [1.807, 2.05) is 19.9 Å². The van der Waals surface area contributed by atoms with Crippen molar-refractivity contribution >= 4 is 28.6 Å². The fraction of sp³-hybridized carbons (Fsp3) is 0.353. The summed E-state index contributed by atoms with van der Waals surface area (Å²) in [6, 6.07) is 7.09. The lowest BCUT2D eigenvalue weighted by molar-refractivity contribution is -0.120. The number of carbonyl (C=O) groups excluding carboxylic acids is 1. The van der Waals surface area contributed by atoms with Gasteiger partial charge in [0.2, 0.25) is 11.9 Å². The van der Waals surface area contributed by atoms with Gasteiger partial charge in [-0.05, 0) is 25.0 Å². The Kier molecular flexibility index (Phi) is 5.36. The molecule has 1 aromatic carbocycles. The predicted molar refractivity (Wildman–Crippen MR) is 100 cm³/mol. The number of hydrogen-bond acceptors (Lipinski definition) is 6. The second kappa shape index (κ2) is 7.69. The average molecular weight is 372 g/mol. The lowest BCUT2D eigenvalue weighted by Crippen LogP contribution is -2.34. The summed E-state index contributed by atoms with van der Waals surface area (Å²) in [6.07, 6.45) is 1.32. The van der Waals surface area contributed by atoms with E-state index < -0.39 is 5.25 Å². The quantitative estimate of drug-likeness (QED) is 0.504. The van der Waals surface area contributed by atoms with Crippen LogP contribution in [0.2, 0.25) is 0 Å². The van der Waals surface area contributed by atoms with Gasteiger partial charge in [0, 0.05) is 6.54 Å². The number of carbonyl (C=O) groups is 1. The highest BCUT2D eigenvalue weighted by atomic mass is 32.2. The Bertz CT molecular complexity index is 967. The molecule has 2 aromatic heterocycles. The van der Waals surface area contributed by atoms with Crippen LogP contribution >= 0.6 is 11.8 Å². The van der Waals surface area contributed by atoms with Crippen molar-refractivity contribution in [3.8, 4) is 5.95 Å². The van der Waals surface area contributed by atoms with Gasteiger partial charge in [0.05, 0.1) is 16.2 Å². The summed E-state index contributed by atoms with van der Waals surface area (Å²) in [4.78, 5) is 33.9. The highest BCUT2D eigenvalue weighted by Gasteiger charge is 2.21. The van der Waals surface area contributed by atoms with Gasteiger partial charge >= 0.3 is 0 Å². The van der Waals surface area contributed by atoms with E-state index >= 15 is 0 Å². The number of fused-ring (bicyclic) bond motifs is 1. The molecule has 8 nitrogen and oxygen atoms in total. The van der Waals surface area contributed by atoms with Gasteiger partial charge in [0.1, 0.15) is 6.33 Å². The van der Waals surface area contributed by atoms with Crippen molar-refractivity contribution in [1.82, 2.24) is 30.0 Å². The first-order chi connectivity index (χ1) is 12.5. The Morgan fingerprint density at radius 2 is 2.08 bits per heavy atom. The van der Waals surface area contributed by atoms with Crippen molar-refractivity contribution in [3.63, 3.8) is 0 Å². The van der Waals surface area contributed by atoms with E-state index in [4.69, 9.17) is 0 Å². The summed E-state index contributed by atoms with van der Waals surface area (Å²) in [5.41, 5.74) is 0.315. The number of rotatable bonds is 6. The van der Waals surface area contributed by atoms with Crippen molar-refractivity contribution < 1.29 is 4.79 Å². The Labute approximate surface area is 154 Å². The molecule has 2 N–H and O–H groups in total. The van der Waals surface area contributed by atoms with Crippen LogP contribution in [0.4, 0.5) is 0 Å². The van der Waals surface area contributed by atoms with E-state index in [1.165, 1.54) is 22.7 Å². The fourth-order valence-electron chi connectivity index (χ4n) is 2.35. The first-order valence-electron chi connectivity index (χ1n) is 8.29. The monoisotopic (exact) mass is 372 g/mol. The minimum absolute atomic E-state index is 0.102. The van der Waals surface area contributed by atoms with E-state index in [0.717, 1.165) is 0 Å². The van der Waals surface area contributed by atoms with E-state index in [-0.39, 0.29) is 17.4 Å². The van der Waals surface area contributed by atoms with Crippen molar-refractivity contribution in [2.24, 2.45) is 5.92 Å². The number of benzene rings is 1. The molecule has 3 aromatic rings. The molecule has 1 atom stereocenters.